The van der Waals surface area contributed by atoms with Crippen molar-refractivity contribution in [1.82, 2.24) is 5.32 Å². The third-order valence-electron chi connectivity index (χ3n) is 2.84. The van der Waals surface area contributed by atoms with Crippen LogP contribution in [-0.4, -0.2) is 22.3 Å². The van der Waals surface area contributed by atoms with E-state index in [1.807, 2.05) is 0 Å². The zero-order chi connectivity index (χ0) is 14.9. The molecule has 7 nitrogen and oxygen atoms in total. The second-order valence-corrected chi connectivity index (χ2v) is 4.79. The molecule has 0 saturated carbocycles. The molecule has 7 heteroatoms. The predicted molar refractivity (Wildman–Crippen MR) is 68.8 cm³/mol. The fourth-order valence-corrected chi connectivity index (χ4v) is 1.82. The van der Waals surface area contributed by atoms with Crippen LogP contribution in [0.2, 0.25) is 0 Å². The average Bonchev–Trinajstić information content (AvgIpc) is 2.62. The number of amides is 1. The molecule has 1 N–H and O–H groups in total. The molecular formula is C13H12N2O5. The van der Waals surface area contributed by atoms with E-state index in [0.29, 0.717) is 0 Å². The van der Waals surface area contributed by atoms with Crippen molar-refractivity contribution in [3.63, 3.8) is 0 Å². The molecule has 1 amide bonds. The summed E-state index contributed by atoms with van der Waals surface area (Å²) in [5, 5.41) is 13.5. The standard InChI is InChI=1S/C13H12N2O5/c1-13(2)10(7-11(16)14-13)20-12(17)8-5-3-4-6-9(8)15(18)19/h3-7H,1-2H3,(H,14,16). The van der Waals surface area contributed by atoms with Crippen LogP contribution in [0.25, 0.3) is 0 Å². The van der Waals surface area contributed by atoms with Crippen molar-refractivity contribution >= 4 is 17.6 Å². The first-order valence-corrected chi connectivity index (χ1v) is 5.81. The van der Waals surface area contributed by atoms with Crippen molar-refractivity contribution < 1.29 is 19.2 Å². The van der Waals surface area contributed by atoms with Crippen molar-refractivity contribution in [1.29, 1.82) is 0 Å². The van der Waals surface area contributed by atoms with Crippen molar-refractivity contribution in [3.05, 3.63) is 51.8 Å². The van der Waals surface area contributed by atoms with Gasteiger partial charge in [-0.1, -0.05) is 12.1 Å². The molecule has 0 fully saturated rings. The van der Waals surface area contributed by atoms with Gasteiger partial charge in [0.1, 0.15) is 11.3 Å². The Labute approximate surface area is 114 Å². The van der Waals surface area contributed by atoms with Crippen LogP contribution in [-0.2, 0) is 9.53 Å². The number of nitrogens with one attached hydrogen (secondary N) is 1. The number of rotatable bonds is 3. The van der Waals surface area contributed by atoms with Gasteiger partial charge in [-0.2, -0.15) is 0 Å². The number of esters is 1. The molecule has 0 aromatic heterocycles. The quantitative estimate of drug-likeness (QED) is 0.513. The Morgan fingerprint density at radius 2 is 2.00 bits per heavy atom. The molecule has 0 saturated heterocycles. The Balaban J connectivity index is 2.28. The molecule has 0 aliphatic carbocycles. The number of ether oxygens (including phenoxy) is 1. The minimum absolute atomic E-state index is 0.130. The molecular weight excluding hydrogens is 264 g/mol. The van der Waals surface area contributed by atoms with Crippen LogP contribution < -0.4 is 5.32 Å². The monoisotopic (exact) mass is 276 g/mol. The van der Waals surface area contributed by atoms with Crippen LogP contribution in [0.5, 0.6) is 0 Å². The first kappa shape index (κ1) is 13.7. The largest absolute Gasteiger partial charge is 0.425 e. The van der Waals surface area contributed by atoms with Gasteiger partial charge in [0, 0.05) is 12.1 Å². The lowest BCUT2D eigenvalue weighted by molar-refractivity contribution is -0.385. The fraction of sp³-hybridized carbons (Fsp3) is 0.231. The molecule has 0 spiro atoms. The summed E-state index contributed by atoms with van der Waals surface area (Å²) in [6, 6.07) is 5.48. The Kier molecular flexibility index (Phi) is 3.27. The van der Waals surface area contributed by atoms with Gasteiger partial charge in [0.25, 0.3) is 5.69 Å². The third-order valence-corrected chi connectivity index (χ3v) is 2.84. The molecule has 20 heavy (non-hydrogen) atoms. The predicted octanol–water partition coefficient (Wildman–Crippen LogP) is 1.54. The molecule has 0 unspecified atom stereocenters. The molecule has 0 radical (unpaired) electrons. The van der Waals surface area contributed by atoms with E-state index in [4.69, 9.17) is 4.74 Å². The zero-order valence-corrected chi connectivity index (χ0v) is 10.9. The van der Waals surface area contributed by atoms with Gasteiger partial charge in [-0.05, 0) is 19.9 Å². The van der Waals surface area contributed by atoms with Gasteiger partial charge in [-0.25, -0.2) is 4.79 Å². The summed E-state index contributed by atoms with van der Waals surface area (Å²) < 4.78 is 5.11. The highest BCUT2D eigenvalue weighted by Gasteiger charge is 2.35. The van der Waals surface area contributed by atoms with Crippen LogP contribution in [0.3, 0.4) is 0 Å². The van der Waals surface area contributed by atoms with Crippen LogP contribution >= 0.6 is 0 Å². The van der Waals surface area contributed by atoms with Crippen molar-refractivity contribution in [2.75, 3.05) is 0 Å². The molecule has 0 atom stereocenters. The van der Waals surface area contributed by atoms with E-state index in [2.05, 4.69) is 5.32 Å². The second kappa shape index (κ2) is 4.76. The molecule has 2 rings (SSSR count). The van der Waals surface area contributed by atoms with Crippen molar-refractivity contribution in [3.8, 4) is 0 Å². The number of carbonyl (C=O) groups is 2. The lowest BCUT2D eigenvalue weighted by Gasteiger charge is -2.21. The van der Waals surface area contributed by atoms with Gasteiger partial charge in [-0.15, -0.1) is 0 Å². The molecule has 1 aromatic rings. The van der Waals surface area contributed by atoms with Gasteiger partial charge in [-0.3, -0.25) is 14.9 Å². The molecule has 1 aliphatic rings. The van der Waals surface area contributed by atoms with Crippen LogP contribution in [0.4, 0.5) is 5.69 Å². The number of hydrogen-bond acceptors (Lipinski definition) is 5. The number of carbonyl (C=O) groups excluding carboxylic acids is 2. The lowest BCUT2D eigenvalue weighted by atomic mass is 10.1. The number of nitro benzene ring substituents is 1. The van der Waals surface area contributed by atoms with E-state index in [0.717, 1.165) is 6.08 Å². The Bertz CT molecular complexity index is 633. The number of para-hydroxylation sites is 1. The van der Waals surface area contributed by atoms with E-state index in [9.17, 15) is 19.7 Å². The minimum atomic E-state index is -0.867. The molecule has 1 aromatic carbocycles. The third kappa shape index (κ3) is 2.51. The van der Waals surface area contributed by atoms with E-state index in [1.54, 1.807) is 13.8 Å². The van der Waals surface area contributed by atoms with Gasteiger partial charge in [0.2, 0.25) is 5.91 Å². The second-order valence-electron chi connectivity index (χ2n) is 4.79. The molecule has 1 heterocycles. The van der Waals surface area contributed by atoms with Crippen LogP contribution in [0, 0.1) is 10.1 Å². The van der Waals surface area contributed by atoms with Gasteiger partial charge >= 0.3 is 5.97 Å². The van der Waals surface area contributed by atoms with Crippen molar-refractivity contribution in [2.45, 2.75) is 19.4 Å². The maximum absolute atomic E-state index is 12.0. The maximum Gasteiger partial charge on any atom is 0.350 e. The number of nitrogens with zero attached hydrogens (tertiary/aromatic N) is 1. The summed E-state index contributed by atoms with van der Waals surface area (Å²) in [6.07, 6.45) is 1.16. The average molecular weight is 276 g/mol. The van der Waals surface area contributed by atoms with Crippen LogP contribution in [0.1, 0.15) is 24.2 Å². The first-order valence-electron chi connectivity index (χ1n) is 5.81. The number of nitro groups is 1. The van der Waals surface area contributed by atoms with E-state index >= 15 is 0 Å². The fourth-order valence-electron chi connectivity index (χ4n) is 1.82. The van der Waals surface area contributed by atoms with Crippen molar-refractivity contribution in [2.24, 2.45) is 0 Å². The topological polar surface area (TPSA) is 98.5 Å². The number of benzene rings is 1. The smallest absolute Gasteiger partial charge is 0.350 e. The SMILES string of the molecule is CC1(C)NC(=O)C=C1OC(=O)c1ccccc1[N+](=O)[O-]. The summed E-state index contributed by atoms with van der Waals surface area (Å²) >= 11 is 0. The number of hydrogen-bond donors (Lipinski definition) is 1. The summed E-state index contributed by atoms with van der Waals surface area (Å²) in [5.41, 5.74) is -1.32. The Morgan fingerprint density at radius 1 is 1.35 bits per heavy atom. The van der Waals surface area contributed by atoms with E-state index in [-0.39, 0.29) is 22.9 Å². The summed E-state index contributed by atoms with van der Waals surface area (Å²) in [7, 11) is 0. The highest BCUT2D eigenvalue weighted by atomic mass is 16.6. The summed E-state index contributed by atoms with van der Waals surface area (Å²) in [6.45, 7) is 3.33. The van der Waals surface area contributed by atoms with E-state index in [1.165, 1.54) is 24.3 Å². The van der Waals surface area contributed by atoms with Gasteiger partial charge in [0.05, 0.1) is 10.5 Å². The van der Waals surface area contributed by atoms with Gasteiger partial charge in [0.15, 0.2) is 0 Å². The molecule has 104 valence electrons. The zero-order valence-electron chi connectivity index (χ0n) is 10.9. The lowest BCUT2D eigenvalue weighted by Crippen LogP contribution is -2.39. The summed E-state index contributed by atoms with van der Waals surface area (Å²) in [5.74, 6) is -1.11. The Hall–Kier alpha value is -2.70. The minimum Gasteiger partial charge on any atom is -0.425 e. The normalized spacial score (nSPS) is 16.3. The Morgan fingerprint density at radius 3 is 2.55 bits per heavy atom. The van der Waals surface area contributed by atoms with Gasteiger partial charge < -0.3 is 10.1 Å². The van der Waals surface area contributed by atoms with Crippen LogP contribution in [0.15, 0.2) is 36.1 Å². The highest BCUT2D eigenvalue weighted by Crippen LogP contribution is 2.25. The highest BCUT2D eigenvalue weighted by molar-refractivity contribution is 5.97. The molecule has 0 bridgehead atoms. The maximum atomic E-state index is 12.0. The summed E-state index contributed by atoms with van der Waals surface area (Å²) in [4.78, 5) is 33.5. The van der Waals surface area contributed by atoms with E-state index < -0.39 is 16.4 Å². The molecule has 1 aliphatic heterocycles. The first-order chi connectivity index (χ1) is 9.31.